The Labute approximate surface area is 149 Å². The zero-order valence-electron chi connectivity index (χ0n) is 14.8. The Bertz CT molecular complexity index is 661. The third-order valence-corrected chi connectivity index (χ3v) is 4.07. The van der Waals surface area contributed by atoms with Gasteiger partial charge in [0.1, 0.15) is 0 Å². The molecular formula is C20H26N2O3. The second-order valence-corrected chi connectivity index (χ2v) is 6.06. The molecule has 0 spiro atoms. The van der Waals surface area contributed by atoms with Crippen LogP contribution in [0.3, 0.4) is 0 Å². The fraction of sp³-hybridized carbons (Fsp3) is 0.350. The number of aliphatic hydroxyl groups is 1. The van der Waals surface area contributed by atoms with Crippen LogP contribution in [0.1, 0.15) is 18.1 Å². The standard InChI is InChI=1S/C20H26N2O3/c1-16(14-23)22(2)20(24)21-19-10-6-9-18(13-19)15-25-12-11-17-7-4-3-5-8-17/h3-10,13,16,23H,11-12,14-15H2,1-2H3,(H,21,24). The summed E-state index contributed by atoms with van der Waals surface area (Å²) < 4.78 is 5.73. The smallest absolute Gasteiger partial charge is 0.321 e. The molecule has 1 atom stereocenters. The van der Waals surface area contributed by atoms with E-state index in [1.165, 1.54) is 10.5 Å². The van der Waals surface area contributed by atoms with Crippen molar-refractivity contribution < 1.29 is 14.6 Å². The molecule has 0 aliphatic rings. The van der Waals surface area contributed by atoms with Crippen LogP contribution >= 0.6 is 0 Å². The summed E-state index contributed by atoms with van der Waals surface area (Å²) in [6, 6.07) is 17.3. The topological polar surface area (TPSA) is 61.8 Å². The SMILES string of the molecule is CC(CO)N(C)C(=O)Nc1cccc(COCCc2ccccc2)c1. The van der Waals surface area contributed by atoms with Crippen molar-refractivity contribution in [1.29, 1.82) is 0 Å². The maximum Gasteiger partial charge on any atom is 0.321 e. The normalized spacial score (nSPS) is 11.8. The van der Waals surface area contributed by atoms with Crippen molar-refractivity contribution in [3.63, 3.8) is 0 Å². The van der Waals surface area contributed by atoms with Gasteiger partial charge in [0, 0.05) is 12.7 Å². The first kappa shape index (κ1) is 19.0. The van der Waals surface area contributed by atoms with Crippen LogP contribution in [0.2, 0.25) is 0 Å². The number of carbonyl (C=O) groups is 1. The first-order chi connectivity index (χ1) is 12.1. The molecule has 2 aromatic carbocycles. The Morgan fingerprint density at radius 1 is 1.16 bits per heavy atom. The Morgan fingerprint density at radius 2 is 1.88 bits per heavy atom. The molecule has 0 aliphatic carbocycles. The molecule has 134 valence electrons. The highest BCUT2D eigenvalue weighted by molar-refractivity contribution is 5.89. The van der Waals surface area contributed by atoms with Gasteiger partial charge in [-0.3, -0.25) is 0 Å². The van der Waals surface area contributed by atoms with Gasteiger partial charge in [0.25, 0.3) is 0 Å². The quantitative estimate of drug-likeness (QED) is 0.724. The Hall–Kier alpha value is -2.37. The van der Waals surface area contributed by atoms with Crippen molar-refractivity contribution in [2.24, 2.45) is 0 Å². The van der Waals surface area contributed by atoms with E-state index in [9.17, 15) is 4.79 Å². The molecule has 0 radical (unpaired) electrons. The van der Waals surface area contributed by atoms with E-state index in [1.807, 2.05) is 42.5 Å². The lowest BCUT2D eigenvalue weighted by atomic mass is 10.2. The third-order valence-electron chi connectivity index (χ3n) is 4.07. The van der Waals surface area contributed by atoms with Crippen LogP contribution < -0.4 is 5.32 Å². The van der Waals surface area contributed by atoms with Gasteiger partial charge in [-0.1, -0.05) is 42.5 Å². The molecule has 0 saturated heterocycles. The second-order valence-electron chi connectivity index (χ2n) is 6.06. The zero-order chi connectivity index (χ0) is 18.1. The minimum Gasteiger partial charge on any atom is -0.394 e. The molecule has 0 bridgehead atoms. The van der Waals surface area contributed by atoms with E-state index in [-0.39, 0.29) is 18.7 Å². The highest BCUT2D eigenvalue weighted by Crippen LogP contribution is 2.13. The van der Waals surface area contributed by atoms with Gasteiger partial charge in [-0.05, 0) is 36.6 Å². The number of nitrogens with zero attached hydrogens (tertiary/aromatic N) is 1. The molecule has 25 heavy (non-hydrogen) atoms. The van der Waals surface area contributed by atoms with E-state index in [0.29, 0.717) is 18.9 Å². The molecule has 2 N–H and O–H groups in total. The molecule has 2 rings (SSSR count). The number of rotatable bonds is 8. The molecule has 0 fully saturated rings. The average molecular weight is 342 g/mol. The van der Waals surface area contributed by atoms with E-state index in [2.05, 4.69) is 17.4 Å². The maximum atomic E-state index is 12.1. The first-order valence-electron chi connectivity index (χ1n) is 8.45. The van der Waals surface area contributed by atoms with Gasteiger partial charge in [-0.25, -0.2) is 4.79 Å². The van der Waals surface area contributed by atoms with E-state index in [4.69, 9.17) is 9.84 Å². The van der Waals surface area contributed by atoms with Crippen molar-refractivity contribution in [3.8, 4) is 0 Å². The van der Waals surface area contributed by atoms with Gasteiger partial charge in [0.05, 0.1) is 25.9 Å². The third kappa shape index (κ3) is 6.21. The highest BCUT2D eigenvalue weighted by Gasteiger charge is 2.14. The molecule has 5 heteroatoms. The van der Waals surface area contributed by atoms with Crippen LogP contribution in [0.15, 0.2) is 54.6 Å². The summed E-state index contributed by atoms with van der Waals surface area (Å²) in [6.07, 6.45) is 0.876. The number of likely N-dealkylation sites (N-methyl/N-ethyl adjacent to an activating group) is 1. The van der Waals surface area contributed by atoms with Crippen molar-refractivity contribution in [2.45, 2.75) is 26.0 Å². The van der Waals surface area contributed by atoms with Crippen LogP contribution in [0.5, 0.6) is 0 Å². The lowest BCUT2D eigenvalue weighted by Gasteiger charge is -2.23. The molecule has 0 aromatic heterocycles. The maximum absolute atomic E-state index is 12.1. The fourth-order valence-corrected chi connectivity index (χ4v) is 2.30. The van der Waals surface area contributed by atoms with Gasteiger partial charge in [-0.2, -0.15) is 0 Å². The van der Waals surface area contributed by atoms with Crippen LogP contribution in [0.25, 0.3) is 0 Å². The lowest BCUT2D eigenvalue weighted by molar-refractivity contribution is 0.124. The molecule has 0 aliphatic heterocycles. The van der Waals surface area contributed by atoms with Gasteiger partial charge in [0.2, 0.25) is 0 Å². The van der Waals surface area contributed by atoms with Gasteiger partial charge >= 0.3 is 6.03 Å². The van der Waals surface area contributed by atoms with Crippen LogP contribution in [0.4, 0.5) is 10.5 Å². The van der Waals surface area contributed by atoms with Crippen molar-refractivity contribution in [1.82, 2.24) is 4.90 Å². The van der Waals surface area contributed by atoms with Crippen molar-refractivity contribution in [2.75, 3.05) is 25.6 Å². The number of aliphatic hydroxyl groups excluding tert-OH is 1. The van der Waals surface area contributed by atoms with Crippen LogP contribution in [0, 0.1) is 0 Å². The van der Waals surface area contributed by atoms with Crippen LogP contribution in [-0.2, 0) is 17.8 Å². The molecule has 0 heterocycles. The summed E-state index contributed by atoms with van der Waals surface area (Å²) in [7, 11) is 1.66. The highest BCUT2D eigenvalue weighted by atomic mass is 16.5. The van der Waals surface area contributed by atoms with E-state index >= 15 is 0 Å². The number of hydrogen-bond acceptors (Lipinski definition) is 3. The summed E-state index contributed by atoms with van der Waals surface area (Å²) in [5, 5.41) is 12.0. The molecule has 2 aromatic rings. The van der Waals surface area contributed by atoms with Crippen LogP contribution in [-0.4, -0.2) is 42.3 Å². The zero-order valence-corrected chi connectivity index (χ0v) is 14.8. The summed E-state index contributed by atoms with van der Waals surface area (Å²) in [4.78, 5) is 13.6. The number of urea groups is 1. The Balaban J connectivity index is 1.81. The predicted molar refractivity (Wildman–Crippen MR) is 99.6 cm³/mol. The van der Waals surface area contributed by atoms with Crippen molar-refractivity contribution in [3.05, 3.63) is 65.7 Å². The first-order valence-corrected chi connectivity index (χ1v) is 8.45. The minimum atomic E-state index is -0.247. The van der Waals surface area contributed by atoms with Crippen molar-refractivity contribution >= 4 is 11.7 Å². The summed E-state index contributed by atoms with van der Waals surface area (Å²) in [6.45, 7) is 2.87. The predicted octanol–water partition coefficient (Wildman–Crippen LogP) is 3.29. The number of nitrogens with one attached hydrogen (secondary N) is 1. The number of benzene rings is 2. The number of amides is 2. The van der Waals surface area contributed by atoms with E-state index in [1.54, 1.807) is 14.0 Å². The van der Waals surface area contributed by atoms with E-state index < -0.39 is 0 Å². The second kappa shape index (κ2) is 9.81. The number of ether oxygens (including phenoxy) is 1. The largest absolute Gasteiger partial charge is 0.394 e. The Morgan fingerprint density at radius 3 is 2.60 bits per heavy atom. The fourth-order valence-electron chi connectivity index (χ4n) is 2.30. The van der Waals surface area contributed by atoms with E-state index in [0.717, 1.165) is 12.0 Å². The summed E-state index contributed by atoms with van der Waals surface area (Å²) in [5.41, 5.74) is 2.97. The Kier molecular flexibility index (Phi) is 7.44. The molecule has 1 unspecified atom stereocenters. The van der Waals surface area contributed by atoms with Gasteiger partial charge < -0.3 is 20.1 Å². The van der Waals surface area contributed by atoms with Gasteiger partial charge in [-0.15, -0.1) is 0 Å². The number of hydrogen-bond donors (Lipinski definition) is 2. The summed E-state index contributed by atoms with van der Waals surface area (Å²) in [5.74, 6) is 0. The summed E-state index contributed by atoms with van der Waals surface area (Å²) >= 11 is 0. The molecule has 5 nitrogen and oxygen atoms in total. The minimum absolute atomic E-state index is 0.0702. The monoisotopic (exact) mass is 342 g/mol. The van der Waals surface area contributed by atoms with Gasteiger partial charge in [0.15, 0.2) is 0 Å². The lowest BCUT2D eigenvalue weighted by Crippen LogP contribution is -2.40. The average Bonchev–Trinajstić information content (AvgIpc) is 2.65. The molecular weight excluding hydrogens is 316 g/mol. The molecule has 0 saturated carbocycles. The number of carbonyl (C=O) groups excluding carboxylic acids is 1. The number of anilines is 1. The molecule has 2 amide bonds.